The molecule has 1 heterocycles. The van der Waals surface area contributed by atoms with Gasteiger partial charge < -0.3 is 19.9 Å². The number of carbonyl (C=O) groups excluding carboxylic acids is 2. The van der Waals surface area contributed by atoms with E-state index in [-0.39, 0.29) is 5.70 Å². The number of ether oxygens (including phenoxy) is 2. The summed E-state index contributed by atoms with van der Waals surface area (Å²) in [5.41, 5.74) is 0.596. The van der Waals surface area contributed by atoms with Crippen molar-refractivity contribution < 1.29 is 29.0 Å². The Balaban J connectivity index is 2.35. The van der Waals surface area contributed by atoms with E-state index in [1.54, 1.807) is 18.2 Å². The molecule has 0 spiro atoms. The number of carboxylic acid groups (broad SMARTS) is 1. The van der Waals surface area contributed by atoms with Gasteiger partial charge in [-0.3, -0.25) is 9.59 Å². The summed E-state index contributed by atoms with van der Waals surface area (Å²) in [4.78, 5) is 35.4. The minimum absolute atomic E-state index is 0.00532. The highest BCUT2D eigenvalue weighted by molar-refractivity contribution is 14.1. The van der Waals surface area contributed by atoms with Crippen molar-refractivity contribution in [3.05, 3.63) is 39.6 Å². The van der Waals surface area contributed by atoms with E-state index < -0.39 is 24.5 Å². The zero-order valence-corrected chi connectivity index (χ0v) is 16.1. The van der Waals surface area contributed by atoms with Gasteiger partial charge in [-0.2, -0.15) is 0 Å². The molecule has 0 bridgehead atoms. The molecule has 2 rings (SSSR count). The third-order valence-electron chi connectivity index (χ3n) is 3.24. The van der Waals surface area contributed by atoms with Crippen LogP contribution in [-0.2, 0) is 9.59 Å². The summed E-state index contributed by atoms with van der Waals surface area (Å²) in [6, 6.07) is 2.67. The first-order chi connectivity index (χ1) is 12.4. The minimum atomic E-state index is -1.27. The maximum Gasteiger partial charge on any atom is 0.329 e. The number of benzene rings is 1. The van der Waals surface area contributed by atoms with Gasteiger partial charge in [0.15, 0.2) is 11.5 Å². The van der Waals surface area contributed by atoms with Gasteiger partial charge in [0.05, 0.1) is 10.2 Å². The molecule has 1 aliphatic heterocycles. The Morgan fingerprint density at radius 2 is 2.12 bits per heavy atom. The number of nitrogens with zero attached hydrogens (tertiary/aromatic N) is 1. The summed E-state index contributed by atoms with van der Waals surface area (Å²) >= 11 is 2.08. The quantitative estimate of drug-likeness (QED) is 0.260. The van der Waals surface area contributed by atoms with Crippen molar-refractivity contribution in [2.45, 2.75) is 6.92 Å². The van der Waals surface area contributed by atoms with Crippen LogP contribution in [0.15, 0.2) is 30.5 Å². The third-order valence-corrected chi connectivity index (χ3v) is 4.05. The molecule has 0 aliphatic carbocycles. The maximum absolute atomic E-state index is 12.2. The highest BCUT2D eigenvalue weighted by Gasteiger charge is 2.34. The Labute approximate surface area is 163 Å². The van der Waals surface area contributed by atoms with Crippen molar-refractivity contribution in [2.24, 2.45) is 0 Å². The molecule has 1 aliphatic rings. The molecule has 138 valence electrons. The second-order valence-corrected chi connectivity index (χ2v) is 6.30. The van der Waals surface area contributed by atoms with E-state index in [9.17, 15) is 14.4 Å². The van der Waals surface area contributed by atoms with Gasteiger partial charge >= 0.3 is 12.0 Å². The molecule has 9 heteroatoms. The monoisotopic (exact) mass is 472 g/mol. The van der Waals surface area contributed by atoms with Crippen molar-refractivity contribution in [3.63, 3.8) is 0 Å². The van der Waals surface area contributed by atoms with Crippen LogP contribution < -0.4 is 14.8 Å². The first-order valence-electron chi connectivity index (χ1n) is 7.63. The van der Waals surface area contributed by atoms with Gasteiger partial charge in [0.25, 0.3) is 5.91 Å². The van der Waals surface area contributed by atoms with Crippen LogP contribution in [0.2, 0.25) is 0 Å². The molecule has 0 radical (unpaired) electrons. The summed E-state index contributed by atoms with van der Waals surface area (Å²) in [6.45, 7) is 5.48. The largest absolute Gasteiger partial charge is 0.490 e. The van der Waals surface area contributed by atoms with Crippen LogP contribution >= 0.6 is 22.6 Å². The molecule has 0 unspecified atom stereocenters. The van der Waals surface area contributed by atoms with E-state index >= 15 is 0 Å². The van der Waals surface area contributed by atoms with E-state index in [2.05, 4.69) is 34.5 Å². The number of carbonyl (C=O) groups is 3. The van der Waals surface area contributed by atoms with Gasteiger partial charge in [-0.1, -0.05) is 12.7 Å². The third kappa shape index (κ3) is 4.54. The van der Waals surface area contributed by atoms with Crippen LogP contribution in [0.4, 0.5) is 4.79 Å². The first-order valence-corrected chi connectivity index (χ1v) is 8.71. The summed E-state index contributed by atoms with van der Waals surface area (Å²) in [5, 5.41) is 11.2. The van der Waals surface area contributed by atoms with Crippen LogP contribution in [0.5, 0.6) is 11.5 Å². The number of nitrogens with one attached hydrogen (secondary N) is 1. The number of urea groups is 1. The number of carboxylic acids is 1. The molecule has 3 amide bonds. The summed E-state index contributed by atoms with van der Waals surface area (Å²) < 4.78 is 12.0. The van der Waals surface area contributed by atoms with Crippen LogP contribution in [0.1, 0.15) is 12.5 Å². The van der Waals surface area contributed by atoms with Crippen LogP contribution in [0, 0.1) is 3.57 Å². The number of imide groups is 1. The highest BCUT2D eigenvalue weighted by Crippen LogP contribution is 2.35. The van der Waals surface area contributed by atoms with Crippen LogP contribution in [-0.4, -0.2) is 47.7 Å². The van der Waals surface area contributed by atoms with E-state index in [1.165, 1.54) is 6.08 Å². The zero-order valence-electron chi connectivity index (χ0n) is 14.0. The molecule has 0 atom stereocenters. The summed E-state index contributed by atoms with van der Waals surface area (Å²) in [5.74, 6) is -0.917. The van der Waals surface area contributed by atoms with Gasteiger partial charge in [-0.15, -0.1) is 0 Å². The van der Waals surface area contributed by atoms with Gasteiger partial charge in [-0.05, 0) is 53.3 Å². The maximum atomic E-state index is 12.2. The molecule has 26 heavy (non-hydrogen) atoms. The number of hydrogen-bond acceptors (Lipinski definition) is 5. The zero-order chi connectivity index (χ0) is 19.3. The topological polar surface area (TPSA) is 105 Å². The average molecular weight is 472 g/mol. The Hall–Kier alpha value is -2.56. The van der Waals surface area contributed by atoms with Crippen molar-refractivity contribution in [2.75, 3.05) is 19.8 Å². The van der Waals surface area contributed by atoms with Crippen molar-refractivity contribution in [1.82, 2.24) is 10.2 Å². The van der Waals surface area contributed by atoms with Crippen molar-refractivity contribution >= 4 is 46.6 Å². The normalized spacial score (nSPS) is 15.2. The molecule has 2 N–H and O–H groups in total. The lowest BCUT2D eigenvalue weighted by atomic mass is 10.1. The predicted molar refractivity (Wildman–Crippen MR) is 102 cm³/mol. The van der Waals surface area contributed by atoms with E-state index in [0.717, 1.165) is 3.57 Å². The van der Waals surface area contributed by atoms with Crippen LogP contribution in [0.3, 0.4) is 0 Å². The smallest absolute Gasteiger partial charge is 0.329 e. The van der Waals surface area contributed by atoms with Crippen molar-refractivity contribution in [3.8, 4) is 11.5 Å². The van der Waals surface area contributed by atoms with E-state index in [4.69, 9.17) is 14.6 Å². The lowest BCUT2D eigenvalue weighted by Crippen LogP contribution is -2.35. The minimum Gasteiger partial charge on any atom is -0.490 e. The number of aliphatic carboxylic acids is 1. The number of halogens is 1. The Morgan fingerprint density at radius 3 is 2.73 bits per heavy atom. The van der Waals surface area contributed by atoms with Gasteiger partial charge in [0.2, 0.25) is 0 Å². The molecular formula is C17H17IN2O6. The fraction of sp³-hybridized carbons (Fsp3) is 0.235. The molecule has 8 nitrogen and oxygen atoms in total. The van der Waals surface area contributed by atoms with E-state index in [0.29, 0.717) is 35.2 Å². The molecule has 1 aromatic rings. The van der Waals surface area contributed by atoms with Gasteiger partial charge in [-0.25, -0.2) is 9.69 Å². The standard InChI is InChI=1S/C17H17IN2O6/c1-3-5-26-15-11(18)6-10(8-13(15)25-4-2)7-12-16(23)20(9-14(21)22)17(24)19-12/h3,6-8H,1,4-5,9H2,2H3,(H,19,24)(H,21,22)/b12-7+. The first kappa shape index (κ1) is 19.8. The van der Waals surface area contributed by atoms with Crippen LogP contribution in [0.25, 0.3) is 6.08 Å². The second-order valence-electron chi connectivity index (χ2n) is 5.14. The summed E-state index contributed by atoms with van der Waals surface area (Å²) in [7, 11) is 0. The molecule has 1 fully saturated rings. The predicted octanol–water partition coefficient (Wildman–Crippen LogP) is 2.23. The molecule has 0 aromatic heterocycles. The second kappa shape index (κ2) is 8.70. The number of rotatable bonds is 8. The average Bonchev–Trinajstić information content (AvgIpc) is 2.81. The number of amides is 3. The lowest BCUT2D eigenvalue weighted by molar-refractivity contribution is -0.140. The Bertz CT molecular complexity index is 790. The Morgan fingerprint density at radius 1 is 1.38 bits per heavy atom. The highest BCUT2D eigenvalue weighted by atomic mass is 127. The fourth-order valence-corrected chi connectivity index (χ4v) is 3.01. The Kier molecular flexibility index (Phi) is 6.61. The van der Waals surface area contributed by atoms with Gasteiger partial charge in [0.1, 0.15) is 18.8 Å². The molecular weight excluding hydrogens is 455 g/mol. The van der Waals surface area contributed by atoms with Crippen molar-refractivity contribution in [1.29, 1.82) is 0 Å². The van der Waals surface area contributed by atoms with Gasteiger partial charge in [0, 0.05) is 0 Å². The SMILES string of the molecule is C=CCOc1c(I)cc(/C=C2/NC(=O)N(CC(=O)O)C2=O)cc1OCC. The fourth-order valence-electron chi connectivity index (χ4n) is 2.23. The van der Waals surface area contributed by atoms with E-state index in [1.807, 2.05) is 6.92 Å². The molecule has 0 saturated carbocycles. The molecule has 1 aromatic carbocycles. The molecule has 1 saturated heterocycles. The lowest BCUT2D eigenvalue weighted by Gasteiger charge is -2.14. The number of hydrogen-bond donors (Lipinski definition) is 2. The summed E-state index contributed by atoms with van der Waals surface area (Å²) in [6.07, 6.45) is 3.08.